The fraction of sp³-hybridized carbons (Fsp3) is 0.316. The van der Waals surface area contributed by atoms with E-state index in [2.05, 4.69) is 20.4 Å². The molecule has 0 radical (unpaired) electrons. The Morgan fingerprint density at radius 2 is 1.77 bits per heavy atom. The van der Waals surface area contributed by atoms with Crippen molar-refractivity contribution in [3.8, 4) is 5.69 Å². The molecule has 6 nitrogen and oxygen atoms in total. The first-order valence-electron chi connectivity index (χ1n) is 8.87. The molecule has 7 heteroatoms. The van der Waals surface area contributed by atoms with E-state index >= 15 is 0 Å². The largest absolute Gasteiger partial charge is 0.324 e. The fourth-order valence-electron chi connectivity index (χ4n) is 3.14. The number of likely N-dealkylation sites (tertiary alicyclic amines) is 1. The summed E-state index contributed by atoms with van der Waals surface area (Å²) in [5.74, 6) is -0.162. The maximum atomic E-state index is 12.4. The van der Waals surface area contributed by atoms with Crippen molar-refractivity contribution in [1.82, 2.24) is 19.7 Å². The fourth-order valence-corrected chi connectivity index (χ4v) is 3.92. The first-order chi connectivity index (χ1) is 12.8. The van der Waals surface area contributed by atoms with Crippen LogP contribution in [0.5, 0.6) is 0 Å². The molecule has 26 heavy (non-hydrogen) atoms. The van der Waals surface area contributed by atoms with Crippen LogP contribution in [0.25, 0.3) is 5.69 Å². The highest BCUT2D eigenvalue weighted by Crippen LogP contribution is 2.20. The van der Waals surface area contributed by atoms with Gasteiger partial charge in [0.15, 0.2) is 0 Å². The lowest BCUT2D eigenvalue weighted by atomic mass is 10.1. The molecule has 0 saturated carbocycles. The van der Waals surface area contributed by atoms with Gasteiger partial charge in [0.1, 0.15) is 5.01 Å². The Kier molecular flexibility index (Phi) is 5.08. The minimum atomic E-state index is -0.162. The summed E-state index contributed by atoms with van der Waals surface area (Å²) in [5.41, 5.74) is 1.62. The lowest BCUT2D eigenvalue weighted by molar-refractivity contribution is 0.102. The van der Waals surface area contributed by atoms with Gasteiger partial charge in [-0.2, -0.15) is 0 Å². The van der Waals surface area contributed by atoms with Gasteiger partial charge < -0.3 is 4.57 Å². The second kappa shape index (κ2) is 7.80. The Balaban J connectivity index is 1.37. The van der Waals surface area contributed by atoms with Gasteiger partial charge in [-0.25, -0.2) is 0 Å². The molecule has 1 aliphatic rings. The molecule has 1 saturated heterocycles. The van der Waals surface area contributed by atoms with Gasteiger partial charge in [-0.3, -0.25) is 15.0 Å². The smallest absolute Gasteiger partial charge is 0.257 e. The predicted octanol–water partition coefficient (Wildman–Crippen LogP) is 3.57. The highest BCUT2D eigenvalue weighted by atomic mass is 32.1. The van der Waals surface area contributed by atoms with Crippen LogP contribution in [-0.2, 0) is 6.54 Å². The zero-order chi connectivity index (χ0) is 17.8. The first-order valence-corrected chi connectivity index (χ1v) is 9.69. The van der Waals surface area contributed by atoms with Gasteiger partial charge in [0, 0.05) is 23.6 Å². The summed E-state index contributed by atoms with van der Waals surface area (Å²) in [5, 5.41) is 12.7. The normalized spacial score (nSPS) is 15.1. The van der Waals surface area contributed by atoms with E-state index in [1.165, 1.54) is 30.6 Å². The van der Waals surface area contributed by atoms with Crippen molar-refractivity contribution in [3.63, 3.8) is 0 Å². The number of carbonyl (C=O) groups excluding carboxylic acids is 1. The Labute approximate surface area is 156 Å². The molecule has 0 bridgehead atoms. The molecule has 0 spiro atoms. The van der Waals surface area contributed by atoms with E-state index < -0.39 is 0 Å². The number of rotatable bonds is 5. The summed E-state index contributed by atoms with van der Waals surface area (Å²) < 4.78 is 2.00. The van der Waals surface area contributed by atoms with Crippen LogP contribution in [0.3, 0.4) is 0 Å². The highest BCUT2D eigenvalue weighted by molar-refractivity contribution is 7.15. The maximum absolute atomic E-state index is 12.4. The third-order valence-corrected chi connectivity index (χ3v) is 5.35. The molecular formula is C19H21N5OS. The standard InChI is InChI=1S/C19H21N5OS/c25-18(15-6-8-16(9-7-15)24-12-4-5-13-24)20-19-22-21-17(26-19)14-23-10-2-1-3-11-23/h4-9,12-13H,1-3,10-11,14H2,(H,20,22,25). The monoisotopic (exact) mass is 367 g/mol. The molecular weight excluding hydrogens is 346 g/mol. The van der Waals surface area contributed by atoms with Crippen molar-refractivity contribution in [1.29, 1.82) is 0 Å². The lowest BCUT2D eigenvalue weighted by Crippen LogP contribution is -2.28. The van der Waals surface area contributed by atoms with Crippen LogP contribution in [0.2, 0.25) is 0 Å². The van der Waals surface area contributed by atoms with Gasteiger partial charge in [-0.15, -0.1) is 10.2 Å². The Morgan fingerprint density at radius 1 is 1.04 bits per heavy atom. The minimum Gasteiger partial charge on any atom is -0.324 e. The van der Waals surface area contributed by atoms with Gasteiger partial charge in [0.05, 0.1) is 6.54 Å². The van der Waals surface area contributed by atoms with E-state index in [4.69, 9.17) is 0 Å². The number of benzene rings is 1. The Bertz CT molecular complexity index is 850. The number of amides is 1. The number of piperidine rings is 1. The molecule has 0 unspecified atom stereocenters. The summed E-state index contributed by atoms with van der Waals surface area (Å²) >= 11 is 1.45. The molecule has 0 aliphatic carbocycles. The third-order valence-electron chi connectivity index (χ3n) is 4.53. The van der Waals surface area contributed by atoms with E-state index in [0.29, 0.717) is 10.7 Å². The first kappa shape index (κ1) is 16.9. The van der Waals surface area contributed by atoms with E-state index in [0.717, 1.165) is 30.3 Å². The molecule has 134 valence electrons. The van der Waals surface area contributed by atoms with Crippen LogP contribution in [-0.4, -0.2) is 38.7 Å². The zero-order valence-corrected chi connectivity index (χ0v) is 15.3. The van der Waals surface area contributed by atoms with E-state index in [1.54, 1.807) is 0 Å². The van der Waals surface area contributed by atoms with E-state index in [-0.39, 0.29) is 5.91 Å². The minimum absolute atomic E-state index is 0.162. The highest BCUT2D eigenvalue weighted by Gasteiger charge is 2.15. The molecule has 2 aromatic heterocycles. The van der Waals surface area contributed by atoms with Crippen LogP contribution in [0, 0.1) is 0 Å². The number of hydrogen-bond donors (Lipinski definition) is 1. The number of hydrogen-bond acceptors (Lipinski definition) is 5. The molecule has 0 atom stereocenters. The number of aromatic nitrogens is 3. The van der Waals surface area contributed by atoms with Crippen molar-refractivity contribution in [2.24, 2.45) is 0 Å². The van der Waals surface area contributed by atoms with Gasteiger partial charge in [-0.1, -0.05) is 17.8 Å². The summed E-state index contributed by atoms with van der Waals surface area (Å²) in [6.45, 7) is 3.06. The van der Waals surface area contributed by atoms with Crippen LogP contribution in [0.15, 0.2) is 48.8 Å². The number of carbonyl (C=O) groups is 1. The summed E-state index contributed by atoms with van der Waals surface area (Å²) in [6, 6.07) is 11.4. The number of nitrogens with one attached hydrogen (secondary N) is 1. The van der Waals surface area contributed by atoms with E-state index in [9.17, 15) is 4.79 Å². The number of anilines is 1. The molecule has 4 rings (SSSR count). The topological polar surface area (TPSA) is 63.1 Å². The molecule has 1 aromatic carbocycles. The zero-order valence-electron chi connectivity index (χ0n) is 14.5. The third kappa shape index (κ3) is 4.00. The van der Waals surface area contributed by atoms with Gasteiger partial charge in [0.2, 0.25) is 5.13 Å². The van der Waals surface area contributed by atoms with Gasteiger partial charge in [0.25, 0.3) is 5.91 Å². The summed E-state index contributed by atoms with van der Waals surface area (Å²) in [4.78, 5) is 14.8. The van der Waals surface area contributed by atoms with Crippen molar-refractivity contribution in [2.75, 3.05) is 18.4 Å². The quantitative estimate of drug-likeness (QED) is 0.749. The maximum Gasteiger partial charge on any atom is 0.257 e. The van der Waals surface area contributed by atoms with Crippen molar-refractivity contribution in [2.45, 2.75) is 25.8 Å². The Morgan fingerprint density at radius 3 is 2.50 bits per heavy atom. The van der Waals surface area contributed by atoms with Crippen LogP contribution < -0.4 is 5.32 Å². The van der Waals surface area contributed by atoms with Crippen LogP contribution in [0.4, 0.5) is 5.13 Å². The average Bonchev–Trinajstić information content (AvgIpc) is 3.35. The average molecular weight is 367 g/mol. The second-order valence-electron chi connectivity index (χ2n) is 6.43. The molecule has 1 aliphatic heterocycles. The number of nitrogens with zero attached hydrogens (tertiary/aromatic N) is 4. The van der Waals surface area contributed by atoms with Crippen LogP contribution >= 0.6 is 11.3 Å². The van der Waals surface area contributed by atoms with Gasteiger partial charge in [-0.05, 0) is 62.3 Å². The lowest BCUT2D eigenvalue weighted by Gasteiger charge is -2.24. The molecule has 1 N–H and O–H groups in total. The van der Waals surface area contributed by atoms with E-state index in [1.807, 2.05) is 53.4 Å². The van der Waals surface area contributed by atoms with Crippen molar-refractivity contribution in [3.05, 3.63) is 59.4 Å². The molecule has 3 heterocycles. The predicted molar refractivity (Wildman–Crippen MR) is 103 cm³/mol. The second-order valence-corrected chi connectivity index (χ2v) is 7.49. The van der Waals surface area contributed by atoms with Crippen LogP contribution in [0.1, 0.15) is 34.6 Å². The van der Waals surface area contributed by atoms with Crippen molar-refractivity contribution < 1.29 is 4.79 Å². The summed E-state index contributed by atoms with van der Waals surface area (Å²) in [6.07, 6.45) is 7.76. The molecule has 3 aromatic rings. The van der Waals surface area contributed by atoms with Gasteiger partial charge >= 0.3 is 0 Å². The molecule has 1 amide bonds. The Hall–Kier alpha value is -2.51. The summed E-state index contributed by atoms with van der Waals surface area (Å²) in [7, 11) is 0. The SMILES string of the molecule is O=C(Nc1nnc(CN2CCCCC2)s1)c1ccc(-n2cccc2)cc1. The van der Waals surface area contributed by atoms with Crippen molar-refractivity contribution >= 4 is 22.4 Å². The molecule has 1 fully saturated rings.